The molecule has 1 heterocycles. The number of rotatable bonds is 1. The summed E-state index contributed by atoms with van der Waals surface area (Å²) in [6.45, 7) is 1.80. The molecular weight excluding hydrogens is 144 g/mol. The third kappa shape index (κ3) is 2.21. The molecule has 0 aliphatic rings. The maximum absolute atomic E-state index is 10.3. The zero-order chi connectivity index (χ0) is 8.27. The van der Waals surface area contributed by atoms with Gasteiger partial charge in [-0.1, -0.05) is 0 Å². The van der Waals surface area contributed by atoms with E-state index in [9.17, 15) is 4.79 Å². The van der Waals surface area contributed by atoms with E-state index in [1.165, 1.54) is 0 Å². The Balaban J connectivity index is 2.79. The summed E-state index contributed by atoms with van der Waals surface area (Å²) >= 11 is 0. The molecule has 3 N–H and O–H groups in total. The summed E-state index contributed by atoms with van der Waals surface area (Å²) < 4.78 is 0. The van der Waals surface area contributed by atoms with Crippen LogP contribution in [0.3, 0.4) is 0 Å². The zero-order valence-corrected chi connectivity index (χ0v) is 6.03. The lowest BCUT2D eigenvalue weighted by Gasteiger charge is -1.98. The number of nitrogens with two attached hydrogens (primary N) is 1. The van der Waals surface area contributed by atoms with Gasteiger partial charge in [0.2, 0.25) is 5.95 Å². The lowest BCUT2D eigenvalue weighted by Crippen LogP contribution is -2.20. The highest BCUT2D eigenvalue weighted by atomic mass is 16.2. The first-order valence-electron chi connectivity index (χ1n) is 3.04. The Morgan fingerprint density at radius 2 is 2.45 bits per heavy atom. The van der Waals surface area contributed by atoms with Gasteiger partial charge in [0.05, 0.1) is 0 Å². The predicted molar refractivity (Wildman–Crippen MR) is 40.0 cm³/mol. The Labute approximate surface area is 63.7 Å². The molecule has 58 valence electrons. The van der Waals surface area contributed by atoms with Gasteiger partial charge < -0.3 is 5.73 Å². The van der Waals surface area contributed by atoms with Crippen molar-refractivity contribution in [2.75, 3.05) is 5.32 Å². The van der Waals surface area contributed by atoms with Crippen molar-refractivity contribution in [3.63, 3.8) is 0 Å². The van der Waals surface area contributed by atoms with E-state index in [-0.39, 0.29) is 5.95 Å². The lowest BCUT2D eigenvalue weighted by molar-refractivity contribution is 0.259. The molecular formula is C6H8N4O. The summed E-state index contributed by atoms with van der Waals surface area (Å²) in [7, 11) is 0. The van der Waals surface area contributed by atoms with Crippen LogP contribution in [0.15, 0.2) is 12.3 Å². The SMILES string of the molecule is Cc1ccnc(NC(N)=O)n1. The summed E-state index contributed by atoms with van der Waals surface area (Å²) in [6.07, 6.45) is 1.55. The van der Waals surface area contributed by atoms with Crippen molar-refractivity contribution in [3.8, 4) is 0 Å². The number of urea groups is 1. The van der Waals surface area contributed by atoms with Crippen LogP contribution in [0.5, 0.6) is 0 Å². The zero-order valence-electron chi connectivity index (χ0n) is 6.03. The maximum atomic E-state index is 10.3. The molecule has 0 spiro atoms. The molecule has 0 fully saturated rings. The Morgan fingerprint density at radius 1 is 1.73 bits per heavy atom. The van der Waals surface area contributed by atoms with Crippen LogP contribution in [-0.2, 0) is 0 Å². The molecule has 0 radical (unpaired) electrons. The fourth-order valence-corrected chi connectivity index (χ4v) is 0.619. The Morgan fingerprint density at radius 3 is 3.00 bits per heavy atom. The van der Waals surface area contributed by atoms with Crippen LogP contribution >= 0.6 is 0 Å². The molecule has 11 heavy (non-hydrogen) atoms. The Hall–Kier alpha value is -1.65. The Bertz CT molecular complexity index is 273. The highest BCUT2D eigenvalue weighted by Crippen LogP contribution is 1.97. The second kappa shape index (κ2) is 2.96. The van der Waals surface area contributed by atoms with Crippen LogP contribution < -0.4 is 11.1 Å². The van der Waals surface area contributed by atoms with Gasteiger partial charge in [-0.05, 0) is 13.0 Å². The summed E-state index contributed by atoms with van der Waals surface area (Å²) in [5.41, 5.74) is 5.63. The van der Waals surface area contributed by atoms with Crippen LogP contribution in [-0.4, -0.2) is 16.0 Å². The smallest absolute Gasteiger partial charge is 0.319 e. The molecule has 2 amide bonds. The second-order valence-electron chi connectivity index (χ2n) is 2.01. The van der Waals surface area contributed by atoms with Gasteiger partial charge in [-0.15, -0.1) is 0 Å². The average Bonchev–Trinajstić information content (AvgIpc) is 1.85. The van der Waals surface area contributed by atoms with Gasteiger partial charge in [0, 0.05) is 11.9 Å². The summed E-state index contributed by atoms with van der Waals surface area (Å²) in [5.74, 6) is 0.234. The molecule has 0 saturated heterocycles. The number of aryl methyl sites for hydroxylation is 1. The summed E-state index contributed by atoms with van der Waals surface area (Å²) in [6, 6.07) is 1.07. The van der Waals surface area contributed by atoms with Crippen LogP contribution in [0, 0.1) is 6.92 Å². The van der Waals surface area contributed by atoms with E-state index in [0.29, 0.717) is 0 Å². The van der Waals surface area contributed by atoms with E-state index in [1.807, 2.05) is 0 Å². The van der Waals surface area contributed by atoms with Gasteiger partial charge in [0.15, 0.2) is 0 Å². The normalized spacial score (nSPS) is 9.18. The fraction of sp³-hybridized carbons (Fsp3) is 0.167. The number of amides is 2. The van der Waals surface area contributed by atoms with E-state index in [2.05, 4.69) is 15.3 Å². The van der Waals surface area contributed by atoms with Crippen molar-refractivity contribution in [2.45, 2.75) is 6.92 Å². The van der Waals surface area contributed by atoms with Crippen LogP contribution in [0.1, 0.15) is 5.69 Å². The molecule has 0 saturated carbocycles. The van der Waals surface area contributed by atoms with Gasteiger partial charge in [0.1, 0.15) is 0 Å². The summed E-state index contributed by atoms with van der Waals surface area (Å²) in [5, 5.41) is 2.26. The van der Waals surface area contributed by atoms with Crippen molar-refractivity contribution in [2.24, 2.45) is 5.73 Å². The molecule has 0 aliphatic carbocycles. The number of primary amides is 1. The van der Waals surface area contributed by atoms with Crippen molar-refractivity contribution in [1.82, 2.24) is 9.97 Å². The minimum Gasteiger partial charge on any atom is -0.351 e. The number of nitrogens with one attached hydrogen (secondary N) is 1. The number of aromatic nitrogens is 2. The number of anilines is 1. The third-order valence-electron chi connectivity index (χ3n) is 1.03. The molecule has 0 unspecified atom stereocenters. The van der Waals surface area contributed by atoms with E-state index in [0.717, 1.165) is 5.69 Å². The van der Waals surface area contributed by atoms with E-state index < -0.39 is 6.03 Å². The predicted octanol–water partition coefficient (Wildman–Crippen LogP) is 0.276. The van der Waals surface area contributed by atoms with Crippen LogP contribution in [0.4, 0.5) is 10.7 Å². The Kier molecular flexibility index (Phi) is 2.00. The quantitative estimate of drug-likeness (QED) is 0.606. The van der Waals surface area contributed by atoms with E-state index in [1.54, 1.807) is 19.2 Å². The van der Waals surface area contributed by atoms with Gasteiger partial charge in [-0.25, -0.2) is 14.8 Å². The highest BCUT2D eigenvalue weighted by Gasteiger charge is 1.96. The lowest BCUT2D eigenvalue weighted by atomic mass is 10.5. The number of hydrogen-bond donors (Lipinski definition) is 2. The highest BCUT2D eigenvalue weighted by molar-refractivity contribution is 5.85. The standard InChI is InChI=1S/C6H8N4O/c1-4-2-3-8-6(9-4)10-5(7)11/h2-3H,1H3,(H3,7,8,9,10,11). The number of nitrogens with zero attached hydrogens (tertiary/aromatic N) is 2. The molecule has 1 rings (SSSR count). The number of carbonyl (C=O) groups is 1. The molecule has 1 aromatic rings. The van der Waals surface area contributed by atoms with Gasteiger partial charge in [-0.3, -0.25) is 5.32 Å². The van der Waals surface area contributed by atoms with Crippen molar-refractivity contribution in [3.05, 3.63) is 18.0 Å². The van der Waals surface area contributed by atoms with Crippen LogP contribution in [0.2, 0.25) is 0 Å². The molecule has 0 bridgehead atoms. The molecule has 1 aromatic heterocycles. The molecule has 0 atom stereocenters. The number of carbonyl (C=O) groups excluding carboxylic acids is 1. The first-order chi connectivity index (χ1) is 5.18. The van der Waals surface area contributed by atoms with Crippen LogP contribution in [0.25, 0.3) is 0 Å². The number of hydrogen-bond acceptors (Lipinski definition) is 3. The first kappa shape index (κ1) is 7.46. The van der Waals surface area contributed by atoms with Crippen molar-refractivity contribution < 1.29 is 4.79 Å². The second-order valence-corrected chi connectivity index (χ2v) is 2.01. The van der Waals surface area contributed by atoms with Gasteiger partial charge in [-0.2, -0.15) is 0 Å². The first-order valence-corrected chi connectivity index (χ1v) is 3.04. The molecule has 5 nitrogen and oxygen atoms in total. The summed E-state index contributed by atoms with van der Waals surface area (Å²) in [4.78, 5) is 18.0. The minimum atomic E-state index is -0.657. The largest absolute Gasteiger partial charge is 0.351 e. The van der Waals surface area contributed by atoms with E-state index >= 15 is 0 Å². The molecule has 0 aromatic carbocycles. The van der Waals surface area contributed by atoms with E-state index in [4.69, 9.17) is 5.73 Å². The van der Waals surface area contributed by atoms with Gasteiger partial charge in [0.25, 0.3) is 0 Å². The van der Waals surface area contributed by atoms with Gasteiger partial charge >= 0.3 is 6.03 Å². The minimum absolute atomic E-state index is 0.234. The molecule has 0 aliphatic heterocycles. The average molecular weight is 152 g/mol. The molecule has 5 heteroatoms. The van der Waals surface area contributed by atoms with Crippen molar-refractivity contribution >= 4 is 12.0 Å². The fourth-order valence-electron chi connectivity index (χ4n) is 0.619. The monoisotopic (exact) mass is 152 g/mol. The maximum Gasteiger partial charge on any atom is 0.319 e. The third-order valence-corrected chi connectivity index (χ3v) is 1.03. The topological polar surface area (TPSA) is 80.9 Å². The van der Waals surface area contributed by atoms with Crippen molar-refractivity contribution in [1.29, 1.82) is 0 Å².